The largest absolute Gasteiger partial charge is 0.370 e. The van der Waals surface area contributed by atoms with Crippen molar-refractivity contribution in [3.05, 3.63) is 35.5 Å². The van der Waals surface area contributed by atoms with E-state index in [1.165, 1.54) is 10.5 Å². The molecule has 0 fully saturated rings. The molecule has 0 aliphatic heterocycles. The molecule has 1 heterocycles. The molecule has 1 aromatic carbocycles. The van der Waals surface area contributed by atoms with Crippen LogP contribution in [0.1, 0.15) is 32.0 Å². The lowest BCUT2D eigenvalue weighted by atomic mass is 10.1. The van der Waals surface area contributed by atoms with Gasteiger partial charge in [0.15, 0.2) is 5.82 Å². The Bertz CT molecular complexity index is 594. The highest BCUT2D eigenvalue weighted by Crippen LogP contribution is 2.25. The predicted molar refractivity (Wildman–Crippen MR) is 92.1 cm³/mol. The van der Waals surface area contributed by atoms with E-state index >= 15 is 0 Å². The van der Waals surface area contributed by atoms with Gasteiger partial charge < -0.3 is 5.32 Å². The van der Waals surface area contributed by atoms with Crippen LogP contribution in [0.2, 0.25) is 0 Å². The lowest BCUT2D eigenvalue weighted by Gasteiger charge is -2.13. The summed E-state index contributed by atoms with van der Waals surface area (Å²) in [6.07, 6.45) is 0.945. The van der Waals surface area contributed by atoms with Gasteiger partial charge in [0.1, 0.15) is 5.82 Å². The molecule has 21 heavy (non-hydrogen) atoms. The highest BCUT2D eigenvalue weighted by atomic mass is 32.2. The quantitative estimate of drug-likeness (QED) is 0.794. The van der Waals surface area contributed by atoms with Crippen LogP contribution < -0.4 is 5.32 Å². The zero-order valence-electron chi connectivity index (χ0n) is 13.2. The van der Waals surface area contributed by atoms with Crippen LogP contribution >= 0.6 is 11.8 Å². The summed E-state index contributed by atoms with van der Waals surface area (Å²) < 4.78 is 0. The number of thioether (sulfide) groups is 1. The molecule has 0 unspecified atom stereocenters. The molecule has 1 N–H and O–H groups in total. The summed E-state index contributed by atoms with van der Waals surface area (Å²) in [5, 5.41) is 3.35. The van der Waals surface area contributed by atoms with Crippen LogP contribution in [0.5, 0.6) is 0 Å². The number of nitrogens with one attached hydrogen (secondary N) is 1. The molecule has 0 saturated carbocycles. The van der Waals surface area contributed by atoms with E-state index in [-0.39, 0.29) is 0 Å². The molecule has 0 aliphatic rings. The van der Waals surface area contributed by atoms with Crippen molar-refractivity contribution in [3.63, 3.8) is 0 Å². The standard InChI is InChI=1S/C17H23N3S/c1-5-15-12(4)19-16(20-17(15)18-6-2)13-8-10-14(11-9-13)21-7-3/h8-11H,5-7H2,1-4H3,(H,18,19,20). The van der Waals surface area contributed by atoms with Gasteiger partial charge in [0.25, 0.3) is 0 Å². The van der Waals surface area contributed by atoms with Crippen LogP contribution in [0.3, 0.4) is 0 Å². The minimum Gasteiger partial charge on any atom is -0.370 e. The third kappa shape index (κ3) is 3.76. The van der Waals surface area contributed by atoms with Gasteiger partial charge in [-0.2, -0.15) is 0 Å². The second-order valence-electron chi connectivity index (χ2n) is 4.80. The van der Waals surface area contributed by atoms with Crippen molar-refractivity contribution in [2.75, 3.05) is 17.6 Å². The zero-order valence-corrected chi connectivity index (χ0v) is 14.0. The minimum atomic E-state index is 0.800. The van der Waals surface area contributed by atoms with E-state index in [1.54, 1.807) is 0 Å². The first-order valence-corrected chi connectivity index (χ1v) is 8.52. The normalized spacial score (nSPS) is 10.7. The maximum absolute atomic E-state index is 4.71. The van der Waals surface area contributed by atoms with Gasteiger partial charge in [0, 0.05) is 28.3 Å². The van der Waals surface area contributed by atoms with E-state index in [0.717, 1.165) is 41.6 Å². The Morgan fingerprint density at radius 1 is 1.05 bits per heavy atom. The fourth-order valence-corrected chi connectivity index (χ4v) is 2.99. The fraction of sp³-hybridized carbons (Fsp3) is 0.412. The molecular weight excluding hydrogens is 278 g/mol. The molecule has 0 aliphatic carbocycles. The van der Waals surface area contributed by atoms with Crippen molar-refractivity contribution in [3.8, 4) is 11.4 Å². The van der Waals surface area contributed by atoms with E-state index in [9.17, 15) is 0 Å². The highest BCUT2D eigenvalue weighted by molar-refractivity contribution is 7.99. The van der Waals surface area contributed by atoms with Crippen LogP contribution in [-0.4, -0.2) is 22.3 Å². The molecule has 2 aromatic rings. The van der Waals surface area contributed by atoms with E-state index < -0.39 is 0 Å². The number of anilines is 1. The van der Waals surface area contributed by atoms with Crippen molar-refractivity contribution in [2.24, 2.45) is 0 Å². The summed E-state index contributed by atoms with van der Waals surface area (Å²) in [4.78, 5) is 10.7. The lowest BCUT2D eigenvalue weighted by Crippen LogP contribution is -2.07. The smallest absolute Gasteiger partial charge is 0.161 e. The van der Waals surface area contributed by atoms with E-state index in [4.69, 9.17) is 4.98 Å². The number of hydrogen-bond acceptors (Lipinski definition) is 4. The first kappa shape index (κ1) is 15.8. The third-order valence-electron chi connectivity index (χ3n) is 3.34. The molecule has 0 amide bonds. The monoisotopic (exact) mass is 301 g/mol. The third-order valence-corrected chi connectivity index (χ3v) is 4.23. The van der Waals surface area contributed by atoms with Crippen molar-refractivity contribution < 1.29 is 0 Å². The summed E-state index contributed by atoms with van der Waals surface area (Å²) in [5.74, 6) is 2.85. The minimum absolute atomic E-state index is 0.800. The Morgan fingerprint density at radius 2 is 1.76 bits per heavy atom. The fourth-order valence-electron chi connectivity index (χ4n) is 2.33. The first-order valence-electron chi connectivity index (χ1n) is 7.54. The molecule has 112 valence electrons. The Kier molecular flexibility index (Phi) is 5.62. The predicted octanol–water partition coefficient (Wildman–Crippen LogP) is 4.56. The molecule has 0 atom stereocenters. The first-order chi connectivity index (χ1) is 10.2. The summed E-state index contributed by atoms with van der Waals surface area (Å²) in [5.41, 5.74) is 3.34. The van der Waals surface area contributed by atoms with Gasteiger partial charge in [-0.15, -0.1) is 11.8 Å². The summed E-state index contributed by atoms with van der Waals surface area (Å²) in [7, 11) is 0. The molecule has 1 aromatic heterocycles. The van der Waals surface area contributed by atoms with Gasteiger partial charge in [0.2, 0.25) is 0 Å². The van der Waals surface area contributed by atoms with Crippen LogP contribution in [-0.2, 0) is 6.42 Å². The Morgan fingerprint density at radius 3 is 2.33 bits per heavy atom. The van der Waals surface area contributed by atoms with E-state index in [0.29, 0.717) is 0 Å². The van der Waals surface area contributed by atoms with Crippen LogP contribution in [0, 0.1) is 6.92 Å². The van der Waals surface area contributed by atoms with E-state index in [1.807, 2.05) is 11.8 Å². The topological polar surface area (TPSA) is 37.8 Å². The SMILES string of the molecule is CCNc1nc(-c2ccc(SCC)cc2)nc(C)c1CC. The van der Waals surface area contributed by atoms with Crippen LogP contribution in [0.15, 0.2) is 29.2 Å². The van der Waals surface area contributed by atoms with Crippen LogP contribution in [0.25, 0.3) is 11.4 Å². The zero-order chi connectivity index (χ0) is 15.2. The molecular formula is C17H23N3S. The number of rotatable bonds is 6. The van der Waals surface area contributed by atoms with Gasteiger partial charge in [-0.3, -0.25) is 0 Å². The van der Waals surface area contributed by atoms with Crippen LogP contribution in [0.4, 0.5) is 5.82 Å². The van der Waals surface area contributed by atoms with Gasteiger partial charge >= 0.3 is 0 Å². The van der Waals surface area contributed by atoms with Gasteiger partial charge in [-0.25, -0.2) is 9.97 Å². The maximum Gasteiger partial charge on any atom is 0.161 e. The molecule has 0 saturated heterocycles. The van der Waals surface area contributed by atoms with Gasteiger partial charge in [-0.1, -0.05) is 26.0 Å². The summed E-state index contributed by atoms with van der Waals surface area (Å²) in [6, 6.07) is 8.49. The van der Waals surface area contributed by atoms with Crippen molar-refractivity contribution in [1.29, 1.82) is 0 Å². The second kappa shape index (κ2) is 7.46. The number of aromatic nitrogens is 2. The maximum atomic E-state index is 4.71. The molecule has 0 spiro atoms. The van der Waals surface area contributed by atoms with Crippen molar-refractivity contribution in [2.45, 2.75) is 39.0 Å². The van der Waals surface area contributed by atoms with Gasteiger partial charge in [0.05, 0.1) is 0 Å². The van der Waals surface area contributed by atoms with E-state index in [2.05, 4.69) is 62.3 Å². The van der Waals surface area contributed by atoms with Crippen molar-refractivity contribution in [1.82, 2.24) is 9.97 Å². The number of nitrogens with zero attached hydrogens (tertiary/aromatic N) is 2. The highest BCUT2D eigenvalue weighted by Gasteiger charge is 2.11. The number of benzene rings is 1. The Labute approximate surface area is 131 Å². The number of aryl methyl sites for hydroxylation is 1. The summed E-state index contributed by atoms with van der Waals surface area (Å²) in [6.45, 7) is 9.33. The molecule has 3 nitrogen and oxygen atoms in total. The molecule has 0 radical (unpaired) electrons. The Hall–Kier alpha value is -1.55. The number of hydrogen-bond donors (Lipinski definition) is 1. The molecule has 0 bridgehead atoms. The molecule has 2 rings (SSSR count). The lowest BCUT2D eigenvalue weighted by molar-refractivity contribution is 0.989. The Balaban J connectivity index is 2.39. The second-order valence-corrected chi connectivity index (χ2v) is 6.14. The summed E-state index contributed by atoms with van der Waals surface area (Å²) >= 11 is 1.85. The average Bonchev–Trinajstić information content (AvgIpc) is 2.48. The average molecular weight is 301 g/mol. The van der Waals surface area contributed by atoms with Gasteiger partial charge in [-0.05, 0) is 38.2 Å². The molecule has 4 heteroatoms. The van der Waals surface area contributed by atoms with Crippen molar-refractivity contribution >= 4 is 17.6 Å².